The first-order chi connectivity index (χ1) is 13.2. The Balaban J connectivity index is 1.35. The highest BCUT2D eigenvalue weighted by Gasteiger charge is 2.25. The van der Waals surface area contributed by atoms with Crippen molar-refractivity contribution in [2.75, 3.05) is 13.1 Å². The number of likely N-dealkylation sites (tertiary alicyclic amines) is 1. The van der Waals surface area contributed by atoms with E-state index in [1.165, 1.54) is 11.6 Å². The molecule has 1 fully saturated rings. The van der Waals surface area contributed by atoms with E-state index < -0.39 is 0 Å². The summed E-state index contributed by atoms with van der Waals surface area (Å²) in [5.74, 6) is -0.0690. The van der Waals surface area contributed by atoms with Gasteiger partial charge < -0.3 is 9.73 Å². The number of nitrogens with one attached hydrogen (secondary N) is 1. The molecule has 1 amide bonds. The molecule has 0 radical (unpaired) electrons. The van der Waals surface area contributed by atoms with Crippen molar-refractivity contribution >= 4 is 5.91 Å². The standard InChI is InChI=1S/C22H21FN2O2/c23-19-9-5-4-8-18(19)20-10-11-21(27-20)22(26)24-17-12-13-25(15-17)14-16-6-2-1-3-7-16/h1-11,17H,12-15H2,(H,24,26)/t17-/m0/s1. The summed E-state index contributed by atoms with van der Waals surface area (Å²) < 4.78 is 19.4. The fourth-order valence-corrected chi connectivity index (χ4v) is 3.46. The minimum absolute atomic E-state index is 0.0863. The van der Waals surface area contributed by atoms with Crippen molar-refractivity contribution in [1.82, 2.24) is 10.2 Å². The average molecular weight is 364 g/mol. The van der Waals surface area contributed by atoms with Gasteiger partial charge in [-0.05, 0) is 36.2 Å². The molecule has 0 bridgehead atoms. The van der Waals surface area contributed by atoms with E-state index >= 15 is 0 Å². The highest BCUT2D eigenvalue weighted by atomic mass is 19.1. The van der Waals surface area contributed by atoms with E-state index in [4.69, 9.17) is 4.42 Å². The van der Waals surface area contributed by atoms with Crippen LogP contribution in [0.25, 0.3) is 11.3 Å². The zero-order chi connectivity index (χ0) is 18.6. The quantitative estimate of drug-likeness (QED) is 0.742. The van der Waals surface area contributed by atoms with Crippen LogP contribution < -0.4 is 5.32 Å². The Labute approximate surface area is 157 Å². The van der Waals surface area contributed by atoms with Crippen molar-refractivity contribution in [1.29, 1.82) is 0 Å². The lowest BCUT2D eigenvalue weighted by atomic mass is 10.1. The summed E-state index contributed by atoms with van der Waals surface area (Å²) in [6.07, 6.45) is 0.902. The highest BCUT2D eigenvalue weighted by molar-refractivity contribution is 5.92. The molecule has 0 saturated carbocycles. The molecule has 1 aliphatic rings. The van der Waals surface area contributed by atoms with Crippen LogP contribution in [0.2, 0.25) is 0 Å². The van der Waals surface area contributed by atoms with E-state index in [9.17, 15) is 9.18 Å². The van der Waals surface area contributed by atoms with Gasteiger partial charge in [-0.3, -0.25) is 9.69 Å². The predicted octanol–water partition coefficient (Wildman–Crippen LogP) is 4.09. The van der Waals surface area contributed by atoms with Gasteiger partial charge in [0.15, 0.2) is 5.76 Å². The van der Waals surface area contributed by atoms with Crippen LogP contribution in [0.5, 0.6) is 0 Å². The van der Waals surface area contributed by atoms with Gasteiger partial charge in [0.25, 0.3) is 5.91 Å². The molecule has 1 N–H and O–H groups in total. The second-order valence-corrected chi connectivity index (χ2v) is 6.82. The van der Waals surface area contributed by atoms with Gasteiger partial charge in [-0.1, -0.05) is 42.5 Å². The molecule has 2 aromatic carbocycles. The van der Waals surface area contributed by atoms with Crippen molar-refractivity contribution in [3.8, 4) is 11.3 Å². The van der Waals surface area contributed by atoms with Gasteiger partial charge in [0.1, 0.15) is 11.6 Å². The SMILES string of the molecule is O=C(N[C@H]1CCN(Cc2ccccc2)C1)c1ccc(-c2ccccc2F)o1. The van der Waals surface area contributed by atoms with Crippen LogP contribution in [0.15, 0.2) is 71.1 Å². The van der Waals surface area contributed by atoms with Crippen LogP contribution in [0.4, 0.5) is 4.39 Å². The van der Waals surface area contributed by atoms with Crippen molar-refractivity contribution in [2.45, 2.75) is 19.0 Å². The lowest BCUT2D eigenvalue weighted by Crippen LogP contribution is -2.36. The molecular weight excluding hydrogens is 343 g/mol. The van der Waals surface area contributed by atoms with Crippen LogP contribution in [0.1, 0.15) is 22.5 Å². The topological polar surface area (TPSA) is 45.5 Å². The first-order valence-electron chi connectivity index (χ1n) is 9.11. The van der Waals surface area contributed by atoms with Crippen LogP contribution in [-0.4, -0.2) is 29.9 Å². The summed E-state index contributed by atoms with van der Waals surface area (Å²) >= 11 is 0. The average Bonchev–Trinajstić information content (AvgIpc) is 3.33. The van der Waals surface area contributed by atoms with Crippen molar-refractivity contribution in [2.24, 2.45) is 0 Å². The fraction of sp³-hybridized carbons (Fsp3) is 0.227. The summed E-state index contributed by atoms with van der Waals surface area (Å²) in [6, 6.07) is 20.0. The van der Waals surface area contributed by atoms with Crippen LogP contribution in [0.3, 0.4) is 0 Å². The van der Waals surface area contributed by atoms with Gasteiger partial charge in [-0.25, -0.2) is 4.39 Å². The Bertz CT molecular complexity index is 923. The van der Waals surface area contributed by atoms with Crippen molar-refractivity contribution < 1.29 is 13.6 Å². The Morgan fingerprint density at radius 1 is 1.07 bits per heavy atom. The molecular formula is C22H21FN2O2. The molecule has 4 rings (SSSR count). The van der Waals surface area contributed by atoms with Gasteiger partial charge in [0.2, 0.25) is 0 Å². The lowest BCUT2D eigenvalue weighted by Gasteiger charge is -2.16. The minimum atomic E-state index is -0.369. The first kappa shape index (κ1) is 17.5. The monoisotopic (exact) mass is 364 g/mol. The zero-order valence-electron chi connectivity index (χ0n) is 14.9. The van der Waals surface area contributed by atoms with Crippen LogP contribution in [-0.2, 0) is 6.54 Å². The van der Waals surface area contributed by atoms with Crippen LogP contribution in [0, 0.1) is 5.82 Å². The van der Waals surface area contributed by atoms with E-state index in [1.807, 2.05) is 18.2 Å². The summed E-state index contributed by atoms with van der Waals surface area (Å²) in [7, 11) is 0. The van der Waals surface area contributed by atoms with E-state index in [0.29, 0.717) is 11.3 Å². The van der Waals surface area contributed by atoms with E-state index in [0.717, 1.165) is 26.1 Å². The number of hydrogen-bond donors (Lipinski definition) is 1. The van der Waals surface area contributed by atoms with Crippen LogP contribution >= 0.6 is 0 Å². The smallest absolute Gasteiger partial charge is 0.287 e. The first-order valence-corrected chi connectivity index (χ1v) is 9.11. The normalized spacial score (nSPS) is 17.1. The van der Waals surface area contributed by atoms with E-state index in [-0.39, 0.29) is 23.5 Å². The van der Waals surface area contributed by atoms with Gasteiger partial charge in [0.05, 0.1) is 5.56 Å². The molecule has 0 aliphatic carbocycles. The summed E-state index contributed by atoms with van der Waals surface area (Å²) in [5, 5.41) is 3.02. The maximum atomic E-state index is 13.9. The van der Waals surface area contributed by atoms with Gasteiger partial charge >= 0.3 is 0 Å². The third-order valence-electron chi connectivity index (χ3n) is 4.83. The molecule has 1 atom stereocenters. The minimum Gasteiger partial charge on any atom is -0.451 e. The number of amides is 1. The molecule has 1 aromatic heterocycles. The highest BCUT2D eigenvalue weighted by Crippen LogP contribution is 2.25. The van der Waals surface area contributed by atoms with E-state index in [2.05, 4.69) is 22.3 Å². The Kier molecular flexibility index (Phi) is 5.03. The van der Waals surface area contributed by atoms with Gasteiger partial charge in [-0.15, -0.1) is 0 Å². The number of nitrogens with zero attached hydrogens (tertiary/aromatic N) is 1. The Hall–Kier alpha value is -2.92. The Morgan fingerprint density at radius 3 is 2.67 bits per heavy atom. The number of rotatable bonds is 5. The van der Waals surface area contributed by atoms with Crippen molar-refractivity contribution in [3.05, 3.63) is 83.9 Å². The number of carbonyl (C=O) groups is 1. The molecule has 1 aliphatic heterocycles. The predicted molar refractivity (Wildman–Crippen MR) is 102 cm³/mol. The molecule has 138 valence electrons. The molecule has 3 aromatic rings. The molecule has 4 nitrogen and oxygen atoms in total. The third kappa shape index (κ3) is 4.09. The molecule has 1 saturated heterocycles. The Morgan fingerprint density at radius 2 is 1.85 bits per heavy atom. The maximum Gasteiger partial charge on any atom is 0.287 e. The molecule has 0 spiro atoms. The maximum absolute atomic E-state index is 13.9. The fourth-order valence-electron chi connectivity index (χ4n) is 3.46. The van der Waals surface area contributed by atoms with Gasteiger partial charge in [0, 0.05) is 25.7 Å². The number of carbonyl (C=O) groups excluding carboxylic acids is 1. The molecule has 27 heavy (non-hydrogen) atoms. The zero-order valence-corrected chi connectivity index (χ0v) is 14.9. The summed E-state index contributed by atoms with van der Waals surface area (Å²) in [4.78, 5) is 14.8. The molecule has 0 unspecified atom stereocenters. The second kappa shape index (κ2) is 7.76. The van der Waals surface area contributed by atoms with Crippen molar-refractivity contribution in [3.63, 3.8) is 0 Å². The lowest BCUT2D eigenvalue weighted by molar-refractivity contribution is 0.0910. The largest absolute Gasteiger partial charge is 0.451 e. The van der Waals surface area contributed by atoms with Gasteiger partial charge in [-0.2, -0.15) is 0 Å². The summed E-state index contributed by atoms with van der Waals surface area (Å²) in [5.41, 5.74) is 1.62. The number of halogens is 1. The van der Waals surface area contributed by atoms with E-state index in [1.54, 1.807) is 30.3 Å². The third-order valence-corrected chi connectivity index (χ3v) is 4.83. The number of furan rings is 1. The number of hydrogen-bond acceptors (Lipinski definition) is 3. The molecule has 5 heteroatoms. The number of benzene rings is 2. The second-order valence-electron chi connectivity index (χ2n) is 6.82. The molecule has 2 heterocycles. The summed E-state index contributed by atoms with van der Waals surface area (Å²) in [6.45, 7) is 2.63.